The number of nitrogens with one attached hydrogen (secondary N) is 2. The van der Waals surface area contributed by atoms with Gasteiger partial charge in [0.2, 0.25) is 0 Å². The summed E-state index contributed by atoms with van der Waals surface area (Å²) in [6.45, 7) is 0.400. The summed E-state index contributed by atoms with van der Waals surface area (Å²) in [7, 11) is 0. The van der Waals surface area contributed by atoms with Crippen molar-refractivity contribution in [3.63, 3.8) is 0 Å². The first kappa shape index (κ1) is 22.3. The predicted octanol–water partition coefficient (Wildman–Crippen LogP) is 5.13. The number of anilines is 1. The Morgan fingerprint density at radius 3 is 2.29 bits per heavy atom. The largest absolute Gasteiger partial charge is 0.352 e. The zero-order valence-electron chi connectivity index (χ0n) is 16.1. The molecule has 9 heteroatoms. The number of halogens is 2. The molecule has 2 N–H and O–H groups in total. The summed E-state index contributed by atoms with van der Waals surface area (Å²) >= 11 is 11.9. The lowest BCUT2D eigenvalue weighted by Gasteiger charge is -2.12. The smallest absolute Gasteiger partial charge is 0.270 e. The number of carbonyl (C=O) groups excluding carboxylic acids is 2. The van der Waals surface area contributed by atoms with Crippen LogP contribution in [0.3, 0.4) is 0 Å². The van der Waals surface area contributed by atoms with Crippen molar-refractivity contribution < 1.29 is 14.5 Å². The van der Waals surface area contributed by atoms with E-state index < -0.39 is 10.8 Å². The second-order valence-corrected chi connectivity index (χ2v) is 7.40. The van der Waals surface area contributed by atoms with Crippen LogP contribution in [0.25, 0.3) is 0 Å². The number of benzene rings is 3. The third-order valence-electron chi connectivity index (χ3n) is 4.44. The van der Waals surface area contributed by atoms with E-state index in [0.29, 0.717) is 23.7 Å². The molecule has 3 aromatic carbocycles. The maximum Gasteiger partial charge on any atom is 0.270 e. The van der Waals surface area contributed by atoms with Crippen LogP contribution in [0.15, 0.2) is 66.7 Å². The van der Waals surface area contributed by atoms with Gasteiger partial charge in [-0.05, 0) is 42.3 Å². The van der Waals surface area contributed by atoms with Gasteiger partial charge in [0, 0.05) is 23.7 Å². The number of hydrogen-bond acceptors (Lipinski definition) is 4. The number of rotatable bonds is 7. The summed E-state index contributed by atoms with van der Waals surface area (Å²) in [6.07, 6.45) is 0.621. The van der Waals surface area contributed by atoms with E-state index in [0.717, 1.165) is 11.6 Å². The molecule has 0 fully saturated rings. The van der Waals surface area contributed by atoms with E-state index in [1.165, 1.54) is 12.1 Å². The molecular weight excluding hydrogens is 441 g/mol. The number of nitro benzene ring substituents is 1. The lowest BCUT2D eigenvalue weighted by molar-refractivity contribution is -0.384. The van der Waals surface area contributed by atoms with E-state index >= 15 is 0 Å². The Balaban J connectivity index is 1.68. The minimum Gasteiger partial charge on any atom is -0.352 e. The van der Waals surface area contributed by atoms with Crippen molar-refractivity contribution in [2.45, 2.75) is 6.42 Å². The van der Waals surface area contributed by atoms with Crippen molar-refractivity contribution in [3.05, 3.63) is 104 Å². The quantitative estimate of drug-likeness (QED) is 0.379. The molecule has 0 saturated carbocycles. The molecular formula is C22H17Cl2N3O4. The monoisotopic (exact) mass is 457 g/mol. The zero-order valence-corrected chi connectivity index (χ0v) is 17.6. The van der Waals surface area contributed by atoms with Crippen LogP contribution in [-0.4, -0.2) is 23.3 Å². The van der Waals surface area contributed by atoms with Crippen LogP contribution in [0.2, 0.25) is 10.0 Å². The van der Waals surface area contributed by atoms with Gasteiger partial charge in [-0.2, -0.15) is 0 Å². The van der Waals surface area contributed by atoms with Crippen molar-refractivity contribution in [2.24, 2.45) is 0 Å². The number of nitro groups is 1. The molecule has 0 bridgehead atoms. The highest BCUT2D eigenvalue weighted by Crippen LogP contribution is 2.24. The molecule has 3 aromatic rings. The molecule has 0 aliphatic rings. The van der Waals surface area contributed by atoms with Crippen LogP contribution in [0, 0.1) is 10.1 Å². The summed E-state index contributed by atoms with van der Waals surface area (Å²) < 4.78 is 0. The molecule has 2 amide bonds. The topological polar surface area (TPSA) is 101 Å². The van der Waals surface area contributed by atoms with E-state index in [4.69, 9.17) is 23.2 Å². The van der Waals surface area contributed by atoms with E-state index in [1.54, 1.807) is 36.4 Å². The highest BCUT2D eigenvalue weighted by molar-refractivity contribution is 6.34. The third kappa shape index (κ3) is 5.81. The Hall–Kier alpha value is -3.42. The first-order valence-corrected chi connectivity index (χ1v) is 9.97. The second-order valence-electron chi connectivity index (χ2n) is 6.55. The average molecular weight is 458 g/mol. The molecule has 158 valence electrons. The number of hydrogen-bond donors (Lipinski definition) is 2. The molecule has 31 heavy (non-hydrogen) atoms. The van der Waals surface area contributed by atoms with Gasteiger partial charge in [0.25, 0.3) is 17.5 Å². The summed E-state index contributed by atoms with van der Waals surface area (Å²) in [4.78, 5) is 35.5. The predicted molar refractivity (Wildman–Crippen MR) is 120 cm³/mol. The molecule has 0 saturated heterocycles. The minimum absolute atomic E-state index is 0.0587. The fourth-order valence-corrected chi connectivity index (χ4v) is 3.23. The van der Waals surface area contributed by atoms with Gasteiger partial charge in [0.15, 0.2) is 0 Å². The number of carbonyl (C=O) groups is 2. The Labute approximate surface area is 188 Å². The first-order valence-electron chi connectivity index (χ1n) is 9.22. The molecule has 7 nitrogen and oxygen atoms in total. The Morgan fingerprint density at radius 1 is 0.903 bits per heavy atom. The average Bonchev–Trinajstić information content (AvgIpc) is 2.75. The molecule has 3 rings (SSSR count). The van der Waals surface area contributed by atoms with Gasteiger partial charge in [0.1, 0.15) is 0 Å². The summed E-state index contributed by atoms with van der Waals surface area (Å²) in [5.74, 6) is -0.930. The molecule has 0 atom stereocenters. The van der Waals surface area contributed by atoms with Gasteiger partial charge in [-0.3, -0.25) is 19.7 Å². The fraction of sp³-hybridized carbons (Fsp3) is 0.0909. The SMILES string of the molecule is O=C(Nc1ccccc1C(=O)NCCc1ccc(Cl)cc1)c1ccc([N+](=O)[O-])cc1Cl. The highest BCUT2D eigenvalue weighted by Gasteiger charge is 2.18. The summed E-state index contributed by atoms with van der Waals surface area (Å²) in [6, 6.07) is 17.4. The van der Waals surface area contributed by atoms with Crippen LogP contribution >= 0.6 is 23.2 Å². The van der Waals surface area contributed by atoms with Crippen LogP contribution < -0.4 is 10.6 Å². The van der Waals surface area contributed by atoms with E-state index in [9.17, 15) is 19.7 Å². The zero-order chi connectivity index (χ0) is 22.4. The van der Waals surface area contributed by atoms with Crippen molar-refractivity contribution >= 4 is 46.4 Å². The second kappa shape index (κ2) is 10.1. The van der Waals surface area contributed by atoms with Gasteiger partial charge < -0.3 is 10.6 Å². The number of amides is 2. The van der Waals surface area contributed by atoms with Gasteiger partial charge in [-0.15, -0.1) is 0 Å². The molecule has 0 radical (unpaired) electrons. The minimum atomic E-state index is -0.600. The van der Waals surface area contributed by atoms with E-state index in [-0.39, 0.29) is 27.7 Å². The maximum atomic E-state index is 12.6. The van der Waals surface area contributed by atoms with Crippen molar-refractivity contribution in [2.75, 3.05) is 11.9 Å². The number of non-ortho nitro benzene ring substituents is 1. The Morgan fingerprint density at radius 2 is 1.61 bits per heavy atom. The molecule has 0 aliphatic heterocycles. The summed E-state index contributed by atoms with van der Waals surface area (Å²) in [5, 5.41) is 16.9. The maximum absolute atomic E-state index is 12.6. The van der Waals surface area contributed by atoms with E-state index in [1.807, 2.05) is 12.1 Å². The van der Waals surface area contributed by atoms with Crippen LogP contribution in [-0.2, 0) is 6.42 Å². The van der Waals surface area contributed by atoms with Crippen molar-refractivity contribution in [1.82, 2.24) is 5.32 Å². The number of para-hydroxylation sites is 1. The van der Waals surface area contributed by atoms with Gasteiger partial charge in [0.05, 0.1) is 26.8 Å². The number of nitrogens with zero attached hydrogens (tertiary/aromatic N) is 1. The van der Waals surface area contributed by atoms with Gasteiger partial charge >= 0.3 is 0 Å². The highest BCUT2D eigenvalue weighted by atomic mass is 35.5. The van der Waals surface area contributed by atoms with Crippen LogP contribution in [0.5, 0.6) is 0 Å². The fourth-order valence-electron chi connectivity index (χ4n) is 2.85. The molecule has 0 aliphatic carbocycles. The van der Waals surface area contributed by atoms with Crippen LogP contribution in [0.4, 0.5) is 11.4 Å². The third-order valence-corrected chi connectivity index (χ3v) is 5.01. The Bertz CT molecular complexity index is 1130. The lowest BCUT2D eigenvalue weighted by Crippen LogP contribution is -2.27. The lowest BCUT2D eigenvalue weighted by atomic mass is 10.1. The van der Waals surface area contributed by atoms with Crippen molar-refractivity contribution in [3.8, 4) is 0 Å². The van der Waals surface area contributed by atoms with E-state index in [2.05, 4.69) is 10.6 Å². The Kier molecular flexibility index (Phi) is 7.23. The molecule has 0 unspecified atom stereocenters. The molecule has 0 heterocycles. The van der Waals surface area contributed by atoms with Crippen LogP contribution in [0.1, 0.15) is 26.3 Å². The standard InChI is InChI=1S/C22H17Cl2N3O4/c23-15-7-5-14(6-8-15)11-12-25-21(28)18-3-1-2-4-20(18)26-22(29)17-10-9-16(27(30)31)13-19(17)24/h1-10,13H,11-12H2,(H,25,28)(H,26,29). The molecule has 0 aromatic heterocycles. The first-order chi connectivity index (χ1) is 14.8. The van der Waals surface area contributed by atoms with Gasteiger partial charge in [-0.25, -0.2) is 0 Å². The molecule has 0 spiro atoms. The van der Waals surface area contributed by atoms with Crippen molar-refractivity contribution in [1.29, 1.82) is 0 Å². The van der Waals surface area contributed by atoms with Gasteiger partial charge in [-0.1, -0.05) is 47.5 Å². The normalized spacial score (nSPS) is 10.4. The summed E-state index contributed by atoms with van der Waals surface area (Å²) in [5.41, 5.74) is 1.45.